The van der Waals surface area contributed by atoms with E-state index < -0.39 is 24.8 Å². The first-order chi connectivity index (χ1) is 13.2. The highest BCUT2D eigenvalue weighted by Crippen LogP contribution is 2.29. The van der Waals surface area contributed by atoms with Crippen LogP contribution in [0.5, 0.6) is 5.75 Å². The van der Waals surface area contributed by atoms with Crippen LogP contribution >= 0.6 is 0 Å². The van der Waals surface area contributed by atoms with E-state index in [9.17, 15) is 27.6 Å². The van der Waals surface area contributed by atoms with Crippen molar-refractivity contribution >= 4 is 17.8 Å². The highest BCUT2D eigenvalue weighted by molar-refractivity contribution is 6.01. The Balaban J connectivity index is 1.51. The van der Waals surface area contributed by atoms with Gasteiger partial charge in [-0.2, -0.15) is 0 Å². The fourth-order valence-corrected chi connectivity index (χ4v) is 3.49. The number of carbonyl (C=O) groups excluding carboxylic acids is 3. The Morgan fingerprint density at radius 3 is 2.54 bits per heavy atom. The zero-order chi connectivity index (χ0) is 20.3. The summed E-state index contributed by atoms with van der Waals surface area (Å²) in [7, 11) is 0. The Kier molecular flexibility index (Phi) is 5.76. The number of alkyl halides is 3. The number of rotatable bonds is 5. The van der Waals surface area contributed by atoms with Gasteiger partial charge in [0.25, 0.3) is 0 Å². The molecule has 2 unspecified atom stereocenters. The molecule has 0 bridgehead atoms. The molecule has 1 aliphatic carbocycles. The summed E-state index contributed by atoms with van der Waals surface area (Å²) in [5.41, 5.74) is 0.546. The molecule has 3 rings (SSSR count). The van der Waals surface area contributed by atoms with Gasteiger partial charge in [-0.25, -0.2) is 4.79 Å². The first-order valence-electron chi connectivity index (χ1n) is 8.96. The maximum Gasteiger partial charge on any atom is 0.573 e. The highest BCUT2D eigenvalue weighted by Gasteiger charge is 2.42. The van der Waals surface area contributed by atoms with Gasteiger partial charge in [0.05, 0.1) is 5.92 Å². The summed E-state index contributed by atoms with van der Waals surface area (Å²) in [5, 5.41) is 5.33. The molecule has 28 heavy (non-hydrogen) atoms. The largest absolute Gasteiger partial charge is 0.573 e. The van der Waals surface area contributed by atoms with Crippen molar-refractivity contribution in [1.29, 1.82) is 0 Å². The molecule has 4 amide bonds. The molecule has 0 radical (unpaired) electrons. The maximum atomic E-state index is 12.5. The van der Waals surface area contributed by atoms with Crippen molar-refractivity contribution in [2.75, 3.05) is 6.54 Å². The van der Waals surface area contributed by atoms with Crippen LogP contribution in [0.3, 0.4) is 0 Å². The number of ether oxygens (including phenoxy) is 1. The number of imide groups is 1. The molecule has 1 aromatic carbocycles. The van der Waals surface area contributed by atoms with E-state index in [0.717, 1.165) is 36.3 Å². The first-order valence-corrected chi connectivity index (χ1v) is 8.96. The predicted molar refractivity (Wildman–Crippen MR) is 91.0 cm³/mol. The van der Waals surface area contributed by atoms with E-state index in [0.29, 0.717) is 12.0 Å². The van der Waals surface area contributed by atoms with Crippen molar-refractivity contribution in [3.63, 3.8) is 0 Å². The normalized spacial score (nSPS) is 22.3. The van der Waals surface area contributed by atoms with Gasteiger partial charge in [-0.05, 0) is 30.5 Å². The number of amides is 4. The van der Waals surface area contributed by atoms with Gasteiger partial charge in [-0.1, -0.05) is 25.0 Å². The predicted octanol–water partition coefficient (Wildman–Crippen LogP) is 2.31. The molecule has 0 spiro atoms. The summed E-state index contributed by atoms with van der Waals surface area (Å²) in [6, 6.07) is 4.31. The van der Waals surface area contributed by atoms with E-state index >= 15 is 0 Å². The summed E-state index contributed by atoms with van der Waals surface area (Å²) in [4.78, 5) is 37.7. The van der Waals surface area contributed by atoms with Crippen LogP contribution in [0.1, 0.15) is 31.2 Å². The highest BCUT2D eigenvalue weighted by atomic mass is 19.4. The molecule has 10 heteroatoms. The Morgan fingerprint density at radius 2 is 1.86 bits per heavy atom. The van der Waals surface area contributed by atoms with E-state index in [2.05, 4.69) is 15.4 Å². The van der Waals surface area contributed by atoms with Crippen LogP contribution in [0.2, 0.25) is 0 Å². The molecule has 2 fully saturated rings. The number of hydrogen-bond donors (Lipinski definition) is 2. The van der Waals surface area contributed by atoms with Gasteiger partial charge < -0.3 is 15.4 Å². The molecular formula is C18H20F3N3O4. The second-order valence-electron chi connectivity index (χ2n) is 6.84. The number of hydrogen-bond acceptors (Lipinski definition) is 4. The molecule has 0 aromatic heterocycles. The molecule has 1 saturated carbocycles. The lowest BCUT2D eigenvalue weighted by atomic mass is 9.82. The Morgan fingerprint density at radius 1 is 1.18 bits per heavy atom. The standard InChI is InChI=1S/C18H20F3N3O4/c19-18(20,21)28-12-7-5-11(6-8-12)9-22-15(25)10-24-16(26)13-3-1-2-4-14(13)23-17(24)27/h5-8,13-14H,1-4,9-10H2,(H,22,25)(H,23,27). The lowest BCUT2D eigenvalue weighted by Crippen LogP contribution is -2.62. The summed E-state index contributed by atoms with van der Waals surface area (Å²) >= 11 is 0. The second-order valence-corrected chi connectivity index (χ2v) is 6.84. The monoisotopic (exact) mass is 399 g/mol. The molecule has 7 nitrogen and oxygen atoms in total. The minimum Gasteiger partial charge on any atom is -0.406 e. The maximum absolute atomic E-state index is 12.5. The zero-order valence-corrected chi connectivity index (χ0v) is 14.9. The van der Waals surface area contributed by atoms with Crippen LogP contribution < -0.4 is 15.4 Å². The molecule has 1 aliphatic heterocycles. The van der Waals surface area contributed by atoms with E-state index in [-0.39, 0.29) is 30.2 Å². The Hall–Kier alpha value is -2.78. The molecule has 152 valence electrons. The van der Waals surface area contributed by atoms with Crippen molar-refractivity contribution in [2.45, 2.75) is 44.6 Å². The van der Waals surface area contributed by atoms with Gasteiger partial charge in [0.1, 0.15) is 12.3 Å². The minimum absolute atomic E-state index is 0.0425. The third-order valence-corrected chi connectivity index (χ3v) is 4.85. The lowest BCUT2D eigenvalue weighted by Gasteiger charge is -2.39. The number of carbonyl (C=O) groups is 3. The van der Waals surface area contributed by atoms with Crippen molar-refractivity contribution in [3.05, 3.63) is 29.8 Å². The van der Waals surface area contributed by atoms with Crippen LogP contribution in [0, 0.1) is 5.92 Å². The van der Waals surface area contributed by atoms with Crippen LogP contribution in [0.25, 0.3) is 0 Å². The van der Waals surface area contributed by atoms with Gasteiger partial charge in [-0.15, -0.1) is 13.2 Å². The van der Waals surface area contributed by atoms with Gasteiger partial charge >= 0.3 is 12.4 Å². The van der Waals surface area contributed by atoms with Gasteiger partial charge in [0.15, 0.2) is 0 Å². The zero-order valence-electron chi connectivity index (χ0n) is 14.9. The summed E-state index contributed by atoms with van der Waals surface area (Å²) in [6.07, 6.45) is -1.45. The van der Waals surface area contributed by atoms with Crippen LogP contribution in [0.15, 0.2) is 24.3 Å². The molecule has 1 heterocycles. The molecule has 2 aliphatic rings. The number of benzene rings is 1. The summed E-state index contributed by atoms with van der Waals surface area (Å²) in [6.45, 7) is -0.357. The van der Waals surface area contributed by atoms with Crippen LogP contribution in [-0.4, -0.2) is 41.7 Å². The summed E-state index contributed by atoms with van der Waals surface area (Å²) in [5.74, 6) is -1.52. The van der Waals surface area contributed by atoms with Crippen molar-refractivity contribution in [2.24, 2.45) is 5.92 Å². The molecule has 2 N–H and O–H groups in total. The lowest BCUT2D eigenvalue weighted by molar-refractivity contribution is -0.274. The van der Waals surface area contributed by atoms with Crippen molar-refractivity contribution in [1.82, 2.24) is 15.5 Å². The number of urea groups is 1. The number of nitrogens with one attached hydrogen (secondary N) is 2. The van der Waals surface area contributed by atoms with Gasteiger partial charge in [0.2, 0.25) is 11.8 Å². The van der Waals surface area contributed by atoms with Gasteiger partial charge in [-0.3, -0.25) is 14.5 Å². The molecule has 1 saturated heterocycles. The Labute approximate surface area is 159 Å². The number of nitrogens with zero attached hydrogens (tertiary/aromatic N) is 1. The quantitative estimate of drug-likeness (QED) is 0.796. The average molecular weight is 399 g/mol. The summed E-state index contributed by atoms with van der Waals surface area (Å²) < 4.78 is 40.2. The van der Waals surface area contributed by atoms with E-state index in [4.69, 9.17) is 0 Å². The minimum atomic E-state index is -4.77. The second kappa shape index (κ2) is 8.07. The van der Waals surface area contributed by atoms with Crippen LogP contribution in [-0.2, 0) is 16.1 Å². The SMILES string of the molecule is O=C(CN1C(=O)NC2CCCCC2C1=O)NCc1ccc(OC(F)(F)F)cc1. The number of fused-ring (bicyclic) bond motifs is 1. The number of halogens is 3. The topological polar surface area (TPSA) is 87.7 Å². The molecule has 2 atom stereocenters. The van der Waals surface area contributed by atoms with E-state index in [1.54, 1.807) is 0 Å². The molecular weight excluding hydrogens is 379 g/mol. The molecule has 1 aromatic rings. The van der Waals surface area contributed by atoms with Gasteiger partial charge in [0, 0.05) is 12.6 Å². The Bertz CT molecular complexity index is 751. The van der Waals surface area contributed by atoms with Crippen LogP contribution in [0.4, 0.5) is 18.0 Å². The van der Waals surface area contributed by atoms with E-state index in [1.807, 2.05) is 0 Å². The fraction of sp³-hybridized carbons (Fsp3) is 0.500. The third kappa shape index (κ3) is 4.93. The van der Waals surface area contributed by atoms with Crippen molar-refractivity contribution < 1.29 is 32.3 Å². The first kappa shape index (κ1) is 20.0. The fourth-order valence-electron chi connectivity index (χ4n) is 3.49. The van der Waals surface area contributed by atoms with E-state index in [1.165, 1.54) is 12.1 Å². The smallest absolute Gasteiger partial charge is 0.406 e. The average Bonchev–Trinajstić information content (AvgIpc) is 2.63. The van der Waals surface area contributed by atoms with Crippen molar-refractivity contribution in [3.8, 4) is 5.75 Å². The third-order valence-electron chi connectivity index (χ3n) is 4.85.